The second-order valence-corrected chi connectivity index (χ2v) is 9.54. The van der Waals surface area contributed by atoms with E-state index >= 15 is 0 Å². The molecular weight excluding hydrogens is 412 g/mol. The minimum Gasteiger partial charge on any atom is -0.486 e. The monoisotopic (exact) mass is 436 g/mol. The summed E-state index contributed by atoms with van der Waals surface area (Å²) >= 11 is 1.62. The summed E-state index contributed by atoms with van der Waals surface area (Å²) in [7, 11) is -3.69. The van der Waals surface area contributed by atoms with Gasteiger partial charge >= 0.3 is 0 Å². The molecule has 2 aromatic rings. The molecule has 1 aliphatic heterocycles. The van der Waals surface area contributed by atoms with E-state index in [0.717, 1.165) is 15.5 Å². The summed E-state index contributed by atoms with van der Waals surface area (Å²) in [4.78, 5) is 13.7. The zero-order chi connectivity index (χ0) is 20.9. The summed E-state index contributed by atoms with van der Waals surface area (Å²) in [5, 5.41) is 2.82. The number of thioether (sulfide) groups is 1. The SMILES string of the molecule is C[C@@H](C(=O)NCCSc1ccccc1)N(c1ccc2c(c1)OCCO2)S(C)(=O)=O. The van der Waals surface area contributed by atoms with Gasteiger partial charge in [-0.25, -0.2) is 8.42 Å². The summed E-state index contributed by atoms with van der Waals surface area (Å²) in [6.07, 6.45) is 1.08. The quantitative estimate of drug-likeness (QED) is 0.506. The molecule has 1 atom stereocenters. The van der Waals surface area contributed by atoms with Crippen molar-refractivity contribution in [2.75, 3.05) is 36.1 Å². The molecule has 0 bridgehead atoms. The lowest BCUT2D eigenvalue weighted by Gasteiger charge is -2.29. The Labute approximate surface area is 175 Å². The Balaban J connectivity index is 1.66. The van der Waals surface area contributed by atoms with Crippen LogP contribution in [0.3, 0.4) is 0 Å². The van der Waals surface area contributed by atoms with Gasteiger partial charge in [-0.3, -0.25) is 9.10 Å². The van der Waals surface area contributed by atoms with Crippen LogP contribution in [0.4, 0.5) is 5.69 Å². The van der Waals surface area contributed by atoms with Crippen LogP contribution in [0.5, 0.6) is 11.5 Å². The van der Waals surface area contributed by atoms with Crippen molar-refractivity contribution >= 4 is 33.4 Å². The van der Waals surface area contributed by atoms with Gasteiger partial charge in [0.2, 0.25) is 15.9 Å². The lowest BCUT2D eigenvalue weighted by Crippen LogP contribution is -2.48. The van der Waals surface area contributed by atoms with Gasteiger partial charge in [-0.2, -0.15) is 0 Å². The van der Waals surface area contributed by atoms with Gasteiger partial charge in [0.05, 0.1) is 11.9 Å². The van der Waals surface area contributed by atoms with E-state index in [1.165, 1.54) is 0 Å². The highest BCUT2D eigenvalue weighted by Crippen LogP contribution is 2.35. The second-order valence-electron chi connectivity index (χ2n) is 6.52. The molecule has 1 heterocycles. The molecular formula is C20H24N2O5S2. The van der Waals surface area contributed by atoms with Crippen molar-refractivity contribution in [2.24, 2.45) is 0 Å². The van der Waals surface area contributed by atoms with Crippen molar-refractivity contribution in [3.63, 3.8) is 0 Å². The highest BCUT2D eigenvalue weighted by atomic mass is 32.2. The van der Waals surface area contributed by atoms with Gasteiger partial charge in [-0.1, -0.05) is 18.2 Å². The number of hydrogen-bond donors (Lipinski definition) is 1. The van der Waals surface area contributed by atoms with E-state index in [-0.39, 0.29) is 5.91 Å². The number of nitrogens with zero attached hydrogens (tertiary/aromatic N) is 1. The maximum Gasteiger partial charge on any atom is 0.243 e. The fraction of sp³-hybridized carbons (Fsp3) is 0.350. The predicted molar refractivity (Wildman–Crippen MR) is 114 cm³/mol. The summed E-state index contributed by atoms with van der Waals surface area (Å²) in [6.45, 7) is 2.84. The number of hydrogen-bond acceptors (Lipinski definition) is 6. The smallest absolute Gasteiger partial charge is 0.243 e. The van der Waals surface area contributed by atoms with Crippen LogP contribution in [0, 0.1) is 0 Å². The maximum atomic E-state index is 12.6. The lowest BCUT2D eigenvalue weighted by molar-refractivity contribution is -0.121. The van der Waals surface area contributed by atoms with Crippen LogP contribution in [0.25, 0.3) is 0 Å². The van der Waals surface area contributed by atoms with Gasteiger partial charge in [0.1, 0.15) is 19.3 Å². The average Bonchev–Trinajstić information content (AvgIpc) is 2.70. The molecule has 2 aromatic carbocycles. The number of ether oxygens (including phenoxy) is 2. The maximum absolute atomic E-state index is 12.6. The topological polar surface area (TPSA) is 84.9 Å². The average molecular weight is 437 g/mol. The Morgan fingerprint density at radius 2 is 1.83 bits per heavy atom. The molecule has 3 rings (SSSR count). The van der Waals surface area contributed by atoms with E-state index in [2.05, 4.69) is 5.32 Å². The van der Waals surface area contributed by atoms with Crippen LogP contribution in [0.15, 0.2) is 53.4 Å². The number of nitrogens with one attached hydrogen (secondary N) is 1. The Morgan fingerprint density at radius 1 is 1.14 bits per heavy atom. The molecule has 0 saturated heterocycles. The molecule has 0 fully saturated rings. The second kappa shape index (κ2) is 9.41. The van der Waals surface area contributed by atoms with E-state index in [1.54, 1.807) is 36.9 Å². The molecule has 0 aliphatic carbocycles. The molecule has 156 valence electrons. The summed E-state index contributed by atoms with van der Waals surface area (Å²) < 4.78 is 37.0. The van der Waals surface area contributed by atoms with E-state index in [4.69, 9.17) is 9.47 Å². The normalized spacial score (nSPS) is 14.1. The molecule has 7 nitrogen and oxygen atoms in total. The highest BCUT2D eigenvalue weighted by Gasteiger charge is 2.30. The van der Waals surface area contributed by atoms with Gasteiger partial charge < -0.3 is 14.8 Å². The lowest BCUT2D eigenvalue weighted by atomic mass is 10.2. The molecule has 1 N–H and O–H groups in total. The third-order valence-electron chi connectivity index (χ3n) is 4.28. The molecule has 1 amide bonds. The van der Waals surface area contributed by atoms with Crippen molar-refractivity contribution in [3.8, 4) is 11.5 Å². The first kappa shape index (κ1) is 21.3. The van der Waals surface area contributed by atoms with Crippen LogP contribution in [-0.2, 0) is 14.8 Å². The number of sulfonamides is 1. The van der Waals surface area contributed by atoms with Crippen molar-refractivity contribution in [3.05, 3.63) is 48.5 Å². The largest absolute Gasteiger partial charge is 0.486 e. The third kappa shape index (κ3) is 5.57. The van der Waals surface area contributed by atoms with E-state index in [9.17, 15) is 13.2 Å². The first-order chi connectivity index (χ1) is 13.9. The number of carbonyl (C=O) groups excluding carboxylic acids is 1. The summed E-state index contributed by atoms with van der Waals surface area (Å²) in [5.74, 6) is 1.35. The van der Waals surface area contributed by atoms with Crippen LogP contribution >= 0.6 is 11.8 Å². The molecule has 29 heavy (non-hydrogen) atoms. The molecule has 0 unspecified atom stereocenters. The zero-order valence-electron chi connectivity index (χ0n) is 16.3. The molecule has 1 aliphatic rings. The summed E-state index contributed by atoms with van der Waals surface area (Å²) in [5.41, 5.74) is 0.359. The van der Waals surface area contributed by atoms with E-state index < -0.39 is 16.1 Å². The Hall–Kier alpha value is -2.39. The molecule has 0 aromatic heterocycles. The molecule has 0 saturated carbocycles. The number of carbonyl (C=O) groups is 1. The Kier molecular flexibility index (Phi) is 6.92. The molecule has 0 radical (unpaired) electrons. The fourth-order valence-corrected chi connectivity index (χ4v) is 4.94. The molecule has 0 spiro atoms. The Bertz CT molecular complexity index is 951. The Morgan fingerprint density at radius 3 is 2.52 bits per heavy atom. The van der Waals surface area contributed by atoms with Crippen LogP contribution in [0.2, 0.25) is 0 Å². The zero-order valence-corrected chi connectivity index (χ0v) is 18.0. The highest BCUT2D eigenvalue weighted by molar-refractivity contribution is 7.99. The van der Waals surface area contributed by atoms with Crippen LogP contribution < -0.4 is 19.1 Å². The van der Waals surface area contributed by atoms with Gasteiger partial charge in [-0.15, -0.1) is 11.8 Å². The summed E-state index contributed by atoms with van der Waals surface area (Å²) in [6, 6.07) is 13.8. The van der Waals surface area contributed by atoms with Crippen molar-refractivity contribution in [2.45, 2.75) is 17.9 Å². The third-order valence-corrected chi connectivity index (χ3v) is 6.54. The minimum absolute atomic E-state index is 0.359. The van der Waals surface area contributed by atoms with E-state index in [0.29, 0.717) is 42.7 Å². The minimum atomic E-state index is -3.69. The van der Waals surface area contributed by atoms with Crippen molar-refractivity contribution in [1.82, 2.24) is 5.32 Å². The van der Waals surface area contributed by atoms with Crippen molar-refractivity contribution < 1.29 is 22.7 Å². The van der Waals surface area contributed by atoms with Crippen LogP contribution in [-0.4, -0.2) is 52.1 Å². The first-order valence-electron chi connectivity index (χ1n) is 9.21. The number of rotatable bonds is 8. The van der Waals surface area contributed by atoms with Crippen LogP contribution in [0.1, 0.15) is 6.92 Å². The molecule has 9 heteroatoms. The number of fused-ring (bicyclic) bond motifs is 1. The van der Waals surface area contributed by atoms with E-state index in [1.807, 2.05) is 30.3 Å². The number of anilines is 1. The predicted octanol–water partition coefficient (Wildman–Crippen LogP) is 2.52. The van der Waals surface area contributed by atoms with Crippen molar-refractivity contribution in [1.29, 1.82) is 0 Å². The standard InChI is InChI=1S/C20H24N2O5S2/c1-15(20(23)21-10-13-28-17-6-4-3-5-7-17)22(29(2,24)25)16-8-9-18-19(14-16)27-12-11-26-18/h3-9,14-15H,10-13H2,1-2H3,(H,21,23)/t15-/m0/s1. The van der Waals surface area contributed by atoms with Gasteiger partial charge in [0, 0.05) is 23.3 Å². The number of benzene rings is 2. The van der Waals surface area contributed by atoms with Gasteiger partial charge in [0.15, 0.2) is 11.5 Å². The number of amides is 1. The fourth-order valence-electron chi connectivity index (χ4n) is 2.99. The van der Waals surface area contributed by atoms with Gasteiger partial charge in [-0.05, 0) is 31.2 Å². The first-order valence-corrected chi connectivity index (χ1v) is 12.0. The van der Waals surface area contributed by atoms with Gasteiger partial charge in [0.25, 0.3) is 0 Å².